The van der Waals surface area contributed by atoms with Crippen LogP contribution in [0.3, 0.4) is 0 Å². The molecule has 2 aliphatic rings. The first-order chi connectivity index (χ1) is 6.58. The zero-order valence-corrected chi connectivity index (χ0v) is 9.33. The second kappa shape index (κ2) is 3.80. The van der Waals surface area contributed by atoms with Gasteiger partial charge in [0.25, 0.3) is 0 Å². The Hall–Kier alpha value is -0.120. The van der Waals surface area contributed by atoms with Crippen LogP contribution in [0.1, 0.15) is 33.1 Å². The van der Waals surface area contributed by atoms with E-state index in [0.717, 1.165) is 26.1 Å². The van der Waals surface area contributed by atoms with E-state index in [1.165, 1.54) is 12.8 Å². The zero-order valence-electron chi connectivity index (χ0n) is 9.33. The zero-order chi connectivity index (χ0) is 10.2. The Morgan fingerprint density at radius 3 is 2.79 bits per heavy atom. The summed E-state index contributed by atoms with van der Waals surface area (Å²) in [7, 11) is 0. The highest BCUT2D eigenvalue weighted by molar-refractivity contribution is 4.95. The van der Waals surface area contributed by atoms with Crippen LogP contribution in [0.5, 0.6) is 0 Å². The Kier molecular flexibility index (Phi) is 2.82. The minimum absolute atomic E-state index is 0.269. The average molecular weight is 198 g/mol. The van der Waals surface area contributed by atoms with E-state index >= 15 is 0 Å². The number of ether oxygens (including phenoxy) is 1. The Bertz CT molecular complexity index is 199. The van der Waals surface area contributed by atoms with Gasteiger partial charge < -0.3 is 10.5 Å². The lowest BCUT2D eigenvalue weighted by Gasteiger charge is -2.32. The van der Waals surface area contributed by atoms with Gasteiger partial charge in [0.1, 0.15) is 0 Å². The Balaban J connectivity index is 1.90. The maximum absolute atomic E-state index is 5.99. The molecule has 2 heterocycles. The lowest BCUT2D eigenvalue weighted by molar-refractivity contribution is 0.0511. The van der Waals surface area contributed by atoms with Gasteiger partial charge in [-0.05, 0) is 33.1 Å². The highest BCUT2D eigenvalue weighted by Crippen LogP contribution is 2.29. The van der Waals surface area contributed by atoms with Crippen LogP contribution in [0.15, 0.2) is 0 Å². The van der Waals surface area contributed by atoms with Crippen LogP contribution in [-0.2, 0) is 4.74 Å². The summed E-state index contributed by atoms with van der Waals surface area (Å²) >= 11 is 0. The topological polar surface area (TPSA) is 38.5 Å². The SMILES string of the molecule is CC1(C)CC(N)CN1CC1CCCO1. The van der Waals surface area contributed by atoms with Crippen LogP contribution in [0.2, 0.25) is 0 Å². The molecular formula is C11H22N2O. The van der Waals surface area contributed by atoms with Gasteiger partial charge in [0, 0.05) is 31.3 Å². The first kappa shape index (κ1) is 10.4. The highest BCUT2D eigenvalue weighted by Gasteiger charge is 2.37. The molecular weight excluding hydrogens is 176 g/mol. The van der Waals surface area contributed by atoms with Crippen LogP contribution in [0.25, 0.3) is 0 Å². The van der Waals surface area contributed by atoms with Crippen molar-refractivity contribution in [2.75, 3.05) is 19.7 Å². The van der Waals surface area contributed by atoms with Crippen molar-refractivity contribution >= 4 is 0 Å². The summed E-state index contributed by atoms with van der Waals surface area (Å²) in [5.74, 6) is 0. The monoisotopic (exact) mass is 198 g/mol. The van der Waals surface area contributed by atoms with Crippen molar-refractivity contribution < 1.29 is 4.74 Å². The molecule has 2 atom stereocenters. The molecule has 3 heteroatoms. The minimum Gasteiger partial charge on any atom is -0.377 e. The highest BCUT2D eigenvalue weighted by atomic mass is 16.5. The minimum atomic E-state index is 0.269. The fourth-order valence-corrected chi connectivity index (χ4v) is 2.72. The smallest absolute Gasteiger partial charge is 0.0703 e. The molecule has 82 valence electrons. The van der Waals surface area contributed by atoms with E-state index in [0.29, 0.717) is 12.1 Å². The van der Waals surface area contributed by atoms with E-state index in [1.54, 1.807) is 0 Å². The third-order valence-corrected chi connectivity index (χ3v) is 3.52. The molecule has 0 amide bonds. The van der Waals surface area contributed by atoms with Crippen molar-refractivity contribution in [2.24, 2.45) is 5.73 Å². The second-order valence-corrected chi connectivity index (χ2v) is 5.32. The van der Waals surface area contributed by atoms with Gasteiger partial charge in [-0.25, -0.2) is 0 Å². The predicted molar refractivity (Wildman–Crippen MR) is 57.2 cm³/mol. The summed E-state index contributed by atoms with van der Waals surface area (Å²) in [6.45, 7) is 7.63. The summed E-state index contributed by atoms with van der Waals surface area (Å²) in [6, 6.07) is 0.353. The third-order valence-electron chi connectivity index (χ3n) is 3.52. The normalized spacial score (nSPS) is 37.9. The van der Waals surface area contributed by atoms with Crippen LogP contribution in [0.4, 0.5) is 0 Å². The van der Waals surface area contributed by atoms with E-state index in [-0.39, 0.29) is 5.54 Å². The molecule has 2 rings (SSSR count). The molecule has 0 aromatic heterocycles. The largest absolute Gasteiger partial charge is 0.377 e. The summed E-state index contributed by atoms with van der Waals surface area (Å²) in [5, 5.41) is 0. The standard InChI is InChI=1S/C11H22N2O/c1-11(2)6-9(12)7-13(11)8-10-4-3-5-14-10/h9-10H,3-8,12H2,1-2H3. The van der Waals surface area contributed by atoms with Crippen molar-refractivity contribution in [1.29, 1.82) is 0 Å². The van der Waals surface area contributed by atoms with Gasteiger partial charge in [-0.2, -0.15) is 0 Å². The van der Waals surface area contributed by atoms with Gasteiger partial charge >= 0.3 is 0 Å². The molecule has 0 bridgehead atoms. The first-order valence-electron chi connectivity index (χ1n) is 5.70. The molecule has 0 aliphatic carbocycles. The van der Waals surface area contributed by atoms with Crippen LogP contribution >= 0.6 is 0 Å². The third kappa shape index (κ3) is 2.10. The molecule has 0 aromatic rings. The summed E-state index contributed by atoms with van der Waals surface area (Å²) in [6.07, 6.45) is 4.02. The maximum Gasteiger partial charge on any atom is 0.0703 e. The van der Waals surface area contributed by atoms with E-state index in [2.05, 4.69) is 18.7 Å². The predicted octanol–water partition coefficient (Wildman–Crippen LogP) is 0.977. The van der Waals surface area contributed by atoms with Crippen molar-refractivity contribution in [3.8, 4) is 0 Å². The molecule has 0 aromatic carbocycles. The van der Waals surface area contributed by atoms with Crippen LogP contribution < -0.4 is 5.73 Å². The fourth-order valence-electron chi connectivity index (χ4n) is 2.72. The fraction of sp³-hybridized carbons (Fsp3) is 1.00. The molecule has 0 saturated carbocycles. The van der Waals surface area contributed by atoms with Crippen molar-refractivity contribution in [3.63, 3.8) is 0 Å². The Morgan fingerprint density at radius 1 is 1.50 bits per heavy atom. The number of hydrogen-bond acceptors (Lipinski definition) is 3. The van der Waals surface area contributed by atoms with Gasteiger partial charge in [-0.3, -0.25) is 4.90 Å². The molecule has 2 fully saturated rings. The van der Waals surface area contributed by atoms with Crippen LogP contribution in [0, 0.1) is 0 Å². The van der Waals surface area contributed by atoms with Gasteiger partial charge in [0.05, 0.1) is 6.10 Å². The lowest BCUT2D eigenvalue weighted by Crippen LogP contribution is -2.42. The van der Waals surface area contributed by atoms with Gasteiger partial charge in [0.15, 0.2) is 0 Å². The van der Waals surface area contributed by atoms with E-state index < -0.39 is 0 Å². The van der Waals surface area contributed by atoms with Gasteiger partial charge in [0.2, 0.25) is 0 Å². The number of likely N-dealkylation sites (tertiary alicyclic amines) is 1. The maximum atomic E-state index is 5.99. The van der Waals surface area contributed by atoms with Crippen molar-refractivity contribution in [1.82, 2.24) is 4.90 Å². The summed E-state index contributed by atoms with van der Waals surface area (Å²) in [5.41, 5.74) is 6.26. The van der Waals surface area contributed by atoms with E-state index in [4.69, 9.17) is 10.5 Å². The number of rotatable bonds is 2. The lowest BCUT2D eigenvalue weighted by atomic mass is 10.0. The Morgan fingerprint density at radius 2 is 2.29 bits per heavy atom. The molecule has 2 aliphatic heterocycles. The molecule has 0 radical (unpaired) electrons. The summed E-state index contributed by atoms with van der Waals surface area (Å²) in [4.78, 5) is 2.49. The van der Waals surface area contributed by atoms with E-state index in [1.807, 2.05) is 0 Å². The van der Waals surface area contributed by atoms with Gasteiger partial charge in [-0.15, -0.1) is 0 Å². The Labute approximate surface area is 86.6 Å². The molecule has 3 nitrogen and oxygen atoms in total. The molecule has 2 N–H and O–H groups in total. The quantitative estimate of drug-likeness (QED) is 0.719. The average Bonchev–Trinajstić information content (AvgIpc) is 2.61. The van der Waals surface area contributed by atoms with Crippen molar-refractivity contribution in [3.05, 3.63) is 0 Å². The number of nitrogens with zero attached hydrogens (tertiary/aromatic N) is 1. The van der Waals surface area contributed by atoms with Crippen LogP contribution in [-0.4, -0.2) is 42.3 Å². The van der Waals surface area contributed by atoms with E-state index in [9.17, 15) is 0 Å². The molecule has 14 heavy (non-hydrogen) atoms. The summed E-state index contributed by atoms with van der Waals surface area (Å²) < 4.78 is 5.66. The molecule has 0 spiro atoms. The molecule has 2 saturated heterocycles. The first-order valence-corrected chi connectivity index (χ1v) is 5.70. The van der Waals surface area contributed by atoms with Gasteiger partial charge in [-0.1, -0.05) is 0 Å². The number of nitrogens with two attached hydrogens (primary N) is 1. The number of hydrogen-bond donors (Lipinski definition) is 1. The second-order valence-electron chi connectivity index (χ2n) is 5.32. The van der Waals surface area contributed by atoms with Crippen molar-refractivity contribution in [2.45, 2.75) is 50.8 Å². The molecule has 2 unspecified atom stereocenters.